The number of pyridine rings is 1. The molecule has 1 heterocycles. The molecule has 1 fully saturated rings. The summed E-state index contributed by atoms with van der Waals surface area (Å²) in [6.45, 7) is 5.34. The van der Waals surface area contributed by atoms with Crippen LogP contribution in [0.25, 0.3) is 0 Å². The topological polar surface area (TPSA) is 34.2 Å². The first-order chi connectivity index (χ1) is 10.3. The summed E-state index contributed by atoms with van der Waals surface area (Å²) in [6.07, 6.45) is 12.0. The summed E-state index contributed by atoms with van der Waals surface area (Å²) in [5.41, 5.74) is 2.48. The van der Waals surface area contributed by atoms with Crippen LogP contribution in [0.5, 0.6) is 0 Å². The molecule has 118 valence electrons. The Morgan fingerprint density at radius 3 is 2.67 bits per heavy atom. The SMILES string of the molecule is CCCNC(c1cncc(C)c1)C(OC)C1CCCCC1. The fraction of sp³-hybridized carbons (Fsp3) is 0.722. The Balaban J connectivity index is 2.19. The molecule has 2 atom stereocenters. The van der Waals surface area contributed by atoms with Crippen molar-refractivity contribution in [1.29, 1.82) is 0 Å². The Hall–Kier alpha value is -0.930. The van der Waals surface area contributed by atoms with E-state index >= 15 is 0 Å². The molecule has 0 bridgehead atoms. The summed E-state index contributed by atoms with van der Waals surface area (Å²) in [5.74, 6) is 0.665. The second-order valence-corrected chi connectivity index (χ2v) is 6.33. The average molecular weight is 290 g/mol. The van der Waals surface area contributed by atoms with Crippen molar-refractivity contribution in [2.75, 3.05) is 13.7 Å². The Labute approximate surface area is 129 Å². The van der Waals surface area contributed by atoms with Crippen molar-refractivity contribution in [1.82, 2.24) is 10.3 Å². The number of aromatic nitrogens is 1. The van der Waals surface area contributed by atoms with Crippen LogP contribution in [0.3, 0.4) is 0 Å². The Morgan fingerprint density at radius 1 is 1.29 bits per heavy atom. The van der Waals surface area contributed by atoms with Gasteiger partial charge in [-0.15, -0.1) is 0 Å². The molecule has 1 aliphatic rings. The van der Waals surface area contributed by atoms with Gasteiger partial charge in [0.1, 0.15) is 0 Å². The van der Waals surface area contributed by atoms with Gasteiger partial charge in [-0.3, -0.25) is 4.98 Å². The molecule has 3 nitrogen and oxygen atoms in total. The second-order valence-electron chi connectivity index (χ2n) is 6.33. The lowest BCUT2D eigenvalue weighted by Gasteiger charge is -2.35. The van der Waals surface area contributed by atoms with Crippen molar-refractivity contribution in [3.05, 3.63) is 29.6 Å². The predicted molar refractivity (Wildman–Crippen MR) is 87.4 cm³/mol. The predicted octanol–water partition coefficient (Wildman–Crippen LogP) is 4.03. The van der Waals surface area contributed by atoms with Crippen molar-refractivity contribution < 1.29 is 4.74 Å². The summed E-state index contributed by atoms with van der Waals surface area (Å²) in [6, 6.07) is 2.50. The van der Waals surface area contributed by atoms with Gasteiger partial charge in [-0.25, -0.2) is 0 Å². The van der Waals surface area contributed by atoms with Crippen molar-refractivity contribution in [3.8, 4) is 0 Å². The van der Waals surface area contributed by atoms with Crippen molar-refractivity contribution in [2.24, 2.45) is 5.92 Å². The van der Waals surface area contributed by atoms with E-state index < -0.39 is 0 Å². The summed E-state index contributed by atoms with van der Waals surface area (Å²) >= 11 is 0. The maximum Gasteiger partial charge on any atom is 0.0794 e. The lowest BCUT2D eigenvalue weighted by atomic mass is 9.81. The monoisotopic (exact) mass is 290 g/mol. The molecule has 2 rings (SSSR count). The fourth-order valence-corrected chi connectivity index (χ4v) is 3.54. The number of ether oxygens (including phenoxy) is 1. The van der Waals surface area contributed by atoms with E-state index in [1.54, 1.807) is 0 Å². The molecule has 0 spiro atoms. The molecule has 2 unspecified atom stereocenters. The van der Waals surface area contributed by atoms with E-state index in [0.717, 1.165) is 13.0 Å². The number of rotatable bonds is 7. The number of hydrogen-bond acceptors (Lipinski definition) is 3. The van der Waals surface area contributed by atoms with E-state index in [2.05, 4.69) is 30.2 Å². The zero-order valence-corrected chi connectivity index (χ0v) is 13.8. The van der Waals surface area contributed by atoms with Crippen LogP contribution in [-0.2, 0) is 4.74 Å². The number of nitrogens with zero attached hydrogens (tertiary/aromatic N) is 1. The lowest BCUT2D eigenvalue weighted by Crippen LogP contribution is -2.39. The highest BCUT2D eigenvalue weighted by molar-refractivity contribution is 5.21. The van der Waals surface area contributed by atoms with Gasteiger partial charge in [0, 0.05) is 19.5 Å². The smallest absolute Gasteiger partial charge is 0.0794 e. The quantitative estimate of drug-likeness (QED) is 0.823. The molecule has 0 aromatic carbocycles. The second kappa shape index (κ2) is 8.50. The molecular weight excluding hydrogens is 260 g/mol. The first-order valence-electron chi connectivity index (χ1n) is 8.44. The zero-order chi connectivity index (χ0) is 15.1. The molecule has 1 aromatic heterocycles. The zero-order valence-electron chi connectivity index (χ0n) is 13.8. The number of aryl methyl sites for hydroxylation is 1. The third-order valence-corrected chi connectivity index (χ3v) is 4.58. The lowest BCUT2D eigenvalue weighted by molar-refractivity contribution is 0.00747. The highest BCUT2D eigenvalue weighted by atomic mass is 16.5. The van der Waals surface area contributed by atoms with E-state index in [4.69, 9.17) is 4.74 Å². The number of hydrogen-bond donors (Lipinski definition) is 1. The first-order valence-corrected chi connectivity index (χ1v) is 8.44. The highest BCUT2D eigenvalue weighted by Gasteiger charge is 2.31. The Bertz CT molecular complexity index is 415. The molecule has 1 N–H and O–H groups in total. The van der Waals surface area contributed by atoms with Crippen LogP contribution < -0.4 is 5.32 Å². The average Bonchev–Trinajstić information content (AvgIpc) is 2.52. The van der Waals surface area contributed by atoms with Crippen LogP contribution in [0.1, 0.15) is 62.6 Å². The molecule has 0 radical (unpaired) electrons. The minimum absolute atomic E-state index is 0.250. The van der Waals surface area contributed by atoms with Crippen LogP contribution in [0.4, 0.5) is 0 Å². The van der Waals surface area contributed by atoms with Gasteiger partial charge >= 0.3 is 0 Å². The third-order valence-electron chi connectivity index (χ3n) is 4.58. The van der Waals surface area contributed by atoms with Gasteiger partial charge < -0.3 is 10.1 Å². The van der Waals surface area contributed by atoms with Crippen LogP contribution >= 0.6 is 0 Å². The van der Waals surface area contributed by atoms with Gasteiger partial charge in [-0.2, -0.15) is 0 Å². The molecule has 0 saturated heterocycles. The molecular formula is C18H30N2O. The third kappa shape index (κ3) is 4.52. The van der Waals surface area contributed by atoms with Gasteiger partial charge in [0.05, 0.1) is 12.1 Å². The maximum atomic E-state index is 5.95. The van der Waals surface area contributed by atoms with Crippen LogP contribution in [0.2, 0.25) is 0 Å². The van der Waals surface area contributed by atoms with Crippen LogP contribution in [-0.4, -0.2) is 24.7 Å². The Kier molecular flexibility index (Phi) is 6.65. The minimum Gasteiger partial charge on any atom is -0.379 e. The van der Waals surface area contributed by atoms with Gasteiger partial charge in [-0.1, -0.05) is 32.3 Å². The standard InChI is InChI=1S/C18H30N2O/c1-4-10-20-17(16-11-14(2)12-19-13-16)18(21-3)15-8-6-5-7-9-15/h11-13,15,17-18,20H,4-10H2,1-3H3. The van der Waals surface area contributed by atoms with Crippen LogP contribution in [0.15, 0.2) is 18.5 Å². The minimum atomic E-state index is 0.250. The van der Waals surface area contributed by atoms with Crippen molar-refractivity contribution >= 4 is 0 Å². The first kappa shape index (κ1) is 16.4. The molecule has 1 saturated carbocycles. The Morgan fingerprint density at radius 2 is 2.05 bits per heavy atom. The van der Waals surface area contributed by atoms with Gasteiger partial charge in [-0.05, 0) is 49.8 Å². The molecule has 21 heavy (non-hydrogen) atoms. The fourth-order valence-electron chi connectivity index (χ4n) is 3.54. The van der Waals surface area contributed by atoms with Gasteiger partial charge in [0.15, 0.2) is 0 Å². The summed E-state index contributed by atoms with van der Waals surface area (Å²) in [7, 11) is 1.86. The van der Waals surface area contributed by atoms with E-state index in [0.29, 0.717) is 5.92 Å². The number of nitrogens with one attached hydrogen (secondary N) is 1. The van der Waals surface area contributed by atoms with Crippen LogP contribution in [0, 0.1) is 12.8 Å². The highest BCUT2D eigenvalue weighted by Crippen LogP contribution is 2.34. The molecule has 3 heteroatoms. The van der Waals surface area contributed by atoms with Gasteiger partial charge in [0.2, 0.25) is 0 Å². The van der Waals surface area contributed by atoms with E-state index in [1.807, 2.05) is 19.5 Å². The molecule has 0 aliphatic heterocycles. The van der Waals surface area contributed by atoms with Crippen molar-refractivity contribution in [3.63, 3.8) is 0 Å². The molecule has 0 amide bonds. The summed E-state index contributed by atoms with van der Waals surface area (Å²) in [5, 5.41) is 3.70. The van der Waals surface area contributed by atoms with E-state index in [1.165, 1.54) is 43.2 Å². The van der Waals surface area contributed by atoms with E-state index in [-0.39, 0.29) is 12.1 Å². The van der Waals surface area contributed by atoms with E-state index in [9.17, 15) is 0 Å². The van der Waals surface area contributed by atoms with Crippen molar-refractivity contribution in [2.45, 2.75) is 64.5 Å². The molecule has 1 aromatic rings. The largest absolute Gasteiger partial charge is 0.379 e. The van der Waals surface area contributed by atoms with Gasteiger partial charge in [0.25, 0.3) is 0 Å². The summed E-state index contributed by atoms with van der Waals surface area (Å²) in [4.78, 5) is 4.38. The molecule has 1 aliphatic carbocycles. The normalized spacial score (nSPS) is 19.4. The number of methoxy groups -OCH3 is 1. The summed E-state index contributed by atoms with van der Waals surface area (Å²) < 4.78 is 5.95. The maximum absolute atomic E-state index is 5.95.